The van der Waals surface area contributed by atoms with Crippen molar-refractivity contribution in [2.75, 3.05) is 13.1 Å². The molecule has 0 bridgehead atoms. The molecule has 0 atom stereocenters. The van der Waals surface area contributed by atoms with Gasteiger partial charge in [0.25, 0.3) is 0 Å². The summed E-state index contributed by atoms with van der Waals surface area (Å²) in [7, 11) is 0. The summed E-state index contributed by atoms with van der Waals surface area (Å²) in [6.07, 6.45) is 1.76. The molecular weight excluding hydrogens is 314 g/mol. The minimum absolute atomic E-state index is 0.0622. The number of nitrogens with zero attached hydrogens (tertiary/aromatic N) is 2. The lowest BCUT2D eigenvalue weighted by atomic mass is 10.2. The largest absolute Gasteiger partial charge is 0.487 e. The zero-order valence-electron chi connectivity index (χ0n) is 15.2. The van der Waals surface area contributed by atoms with Gasteiger partial charge in [-0.25, -0.2) is 0 Å². The highest BCUT2D eigenvalue weighted by Gasteiger charge is 2.10. The zero-order valence-corrected chi connectivity index (χ0v) is 15.2. The van der Waals surface area contributed by atoms with Crippen molar-refractivity contribution < 1.29 is 9.53 Å². The van der Waals surface area contributed by atoms with Crippen molar-refractivity contribution in [1.82, 2.24) is 15.2 Å². The Morgan fingerprint density at radius 3 is 2.56 bits per heavy atom. The minimum Gasteiger partial charge on any atom is -0.487 e. The number of carbonyl (C=O) groups is 1. The van der Waals surface area contributed by atoms with Crippen LogP contribution in [-0.2, 0) is 17.9 Å². The van der Waals surface area contributed by atoms with Crippen LogP contribution in [-0.4, -0.2) is 34.9 Å². The molecule has 1 aromatic carbocycles. The molecule has 5 heteroatoms. The monoisotopic (exact) mass is 341 g/mol. The van der Waals surface area contributed by atoms with Gasteiger partial charge in [0.05, 0.1) is 12.2 Å². The first-order valence-corrected chi connectivity index (χ1v) is 8.70. The molecule has 0 saturated heterocycles. The highest BCUT2D eigenvalue weighted by molar-refractivity contribution is 5.78. The number of pyridine rings is 1. The molecule has 1 aromatic heterocycles. The molecular formula is C20H27N3O2. The first-order chi connectivity index (χ1) is 12.1. The third-order valence-corrected chi connectivity index (χ3v) is 3.71. The number of rotatable bonds is 9. The van der Waals surface area contributed by atoms with Crippen molar-refractivity contribution >= 4 is 5.91 Å². The summed E-state index contributed by atoms with van der Waals surface area (Å²) in [5.41, 5.74) is 2.06. The van der Waals surface area contributed by atoms with Gasteiger partial charge in [0, 0.05) is 18.8 Å². The lowest BCUT2D eigenvalue weighted by Gasteiger charge is -2.21. The second kappa shape index (κ2) is 9.79. The molecule has 0 radical (unpaired) electrons. The maximum atomic E-state index is 11.9. The van der Waals surface area contributed by atoms with E-state index in [1.165, 1.54) is 0 Å². The quantitative estimate of drug-likeness (QED) is 0.762. The molecule has 1 N–H and O–H groups in total. The van der Waals surface area contributed by atoms with Crippen LogP contribution in [0, 0.1) is 0 Å². The van der Waals surface area contributed by atoms with Crippen LogP contribution in [0.2, 0.25) is 0 Å². The Hall–Kier alpha value is -2.40. The van der Waals surface area contributed by atoms with Crippen LogP contribution in [0.4, 0.5) is 0 Å². The average molecular weight is 341 g/mol. The topological polar surface area (TPSA) is 54.5 Å². The molecule has 134 valence electrons. The summed E-state index contributed by atoms with van der Waals surface area (Å²) < 4.78 is 5.75. The lowest BCUT2D eigenvalue weighted by Crippen LogP contribution is -2.39. The fourth-order valence-electron chi connectivity index (χ4n) is 2.44. The van der Waals surface area contributed by atoms with E-state index in [1.54, 1.807) is 6.20 Å². The van der Waals surface area contributed by atoms with Crippen molar-refractivity contribution in [3.05, 3.63) is 59.9 Å². The number of ether oxygens (including phenoxy) is 1. The van der Waals surface area contributed by atoms with Crippen LogP contribution >= 0.6 is 0 Å². The van der Waals surface area contributed by atoms with Gasteiger partial charge in [-0.3, -0.25) is 14.7 Å². The molecule has 0 saturated carbocycles. The molecule has 2 aromatic rings. The second-order valence-electron chi connectivity index (χ2n) is 6.28. The number of benzene rings is 1. The van der Waals surface area contributed by atoms with Crippen molar-refractivity contribution in [2.45, 2.75) is 40.0 Å². The Bertz CT molecular complexity index is 642. The van der Waals surface area contributed by atoms with Crippen LogP contribution in [0.25, 0.3) is 0 Å². The lowest BCUT2D eigenvalue weighted by molar-refractivity contribution is -0.122. The van der Waals surface area contributed by atoms with Crippen LogP contribution < -0.4 is 10.1 Å². The molecule has 1 heterocycles. The van der Waals surface area contributed by atoms with Crippen LogP contribution in [0.15, 0.2) is 48.7 Å². The molecule has 2 rings (SSSR count). The highest BCUT2D eigenvalue weighted by Crippen LogP contribution is 2.15. The fraction of sp³-hybridized carbons (Fsp3) is 0.400. The molecule has 0 aliphatic heterocycles. The van der Waals surface area contributed by atoms with Gasteiger partial charge in [-0.1, -0.05) is 25.1 Å². The van der Waals surface area contributed by atoms with E-state index >= 15 is 0 Å². The Kier molecular flexibility index (Phi) is 7.41. The van der Waals surface area contributed by atoms with Gasteiger partial charge in [-0.2, -0.15) is 0 Å². The molecule has 5 nitrogen and oxygen atoms in total. The van der Waals surface area contributed by atoms with E-state index in [2.05, 4.69) is 22.1 Å². The normalized spacial score (nSPS) is 10.9. The number of hydrogen-bond acceptors (Lipinski definition) is 4. The van der Waals surface area contributed by atoms with Gasteiger partial charge >= 0.3 is 0 Å². The van der Waals surface area contributed by atoms with Crippen LogP contribution in [0.5, 0.6) is 5.75 Å². The standard InChI is InChI=1S/C20H27N3O2/c1-4-23(14-20(24)22-16(2)3)13-17-8-10-19(11-9-17)25-15-18-7-5-6-12-21-18/h5-12,16H,4,13-15H2,1-3H3,(H,22,24). The van der Waals surface area contributed by atoms with E-state index in [-0.39, 0.29) is 11.9 Å². The highest BCUT2D eigenvalue weighted by atomic mass is 16.5. The Morgan fingerprint density at radius 1 is 1.20 bits per heavy atom. The van der Waals surface area contributed by atoms with Crippen molar-refractivity contribution in [2.24, 2.45) is 0 Å². The summed E-state index contributed by atoms with van der Waals surface area (Å²) in [5.74, 6) is 0.877. The Morgan fingerprint density at radius 2 is 1.96 bits per heavy atom. The molecule has 0 aliphatic rings. The third-order valence-electron chi connectivity index (χ3n) is 3.71. The molecule has 0 aliphatic carbocycles. The van der Waals surface area contributed by atoms with Gasteiger partial charge < -0.3 is 10.1 Å². The van der Waals surface area contributed by atoms with Gasteiger partial charge in [0.1, 0.15) is 12.4 Å². The summed E-state index contributed by atoms with van der Waals surface area (Å²) >= 11 is 0. The number of likely N-dealkylation sites (N-methyl/N-ethyl adjacent to an activating group) is 1. The van der Waals surface area contributed by atoms with Crippen molar-refractivity contribution in [3.63, 3.8) is 0 Å². The summed E-state index contributed by atoms with van der Waals surface area (Å²) in [4.78, 5) is 18.3. The summed E-state index contributed by atoms with van der Waals surface area (Å²) in [6.45, 7) is 8.43. The van der Waals surface area contributed by atoms with E-state index in [0.717, 1.165) is 30.1 Å². The molecule has 0 unspecified atom stereocenters. The van der Waals surface area contributed by atoms with Gasteiger partial charge in [0.2, 0.25) is 5.91 Å². The van der Waals surface area contributed by atoms with Crippen molar-refractivity contribution in [1.29, 1.82) is 0 Å². The van der Waals surface area contributed by atoms with E-state index in [9.17, 15) is 4.79 Å². The summed E-state index contributed by atoms with van der Waals surface area (Å²) in [6, 6.07) is 13.9. The Balaban J connectivity index is 1.84. The van der Waals surface area contributed by atoms with E-state index in [4.69, 9.17) is 4.74 Å². The number of carbonyl (C=O) groups excluding carboxylic acids is 1. The van der Waals surface area contributed by atoms with E-state index < -0.39 is 0 Å². The first kappa shape index (κ1) is 18.9. The number of amides is 1. The third kappa shape index (κ3) is 6.93. The van der Waals surface area contributed by atoms with Gasteiger partial charge in [-0.15, -0.1) is 0 Å². The summed E-state index contributed by atoms with van der Waals surface area (Å²) in [5, 5.41) is 2.93. The average Bonchev–Trinajstić information content (AvgIpc) is 2.60. The van der Waals surface area contributed by atoms with Gasteiger partial charge in [0.15, 0.2) is 0 Å². The molecule has 0 spiro atoms. The number of hydrogen-bond donors (Lipinski definition) is 1. The van der Waals surface area contributed by atoms with Crippen LogP contribution in [0.3, 0.4) is 0 Å². The number of nitrogens with one attached hydrogen (secondary N) is 1. The predicted octanol–water partition coefficient (Wildman–Crippen LogP) is 3.01. The molecule has 1 amide bonds. The minimum atomic E-state index is 0.0622. The van der Waals surface area contributed by atoms with Gasteiger partial charge in [-0.05, 0) is 50.2 Å². The van der Waals surface area contributed by atoms with Crippen LogP contribution in [0.1, 0.15) is 32.0 Å². The SMILES string of the molecule is CCN(CC(=O)NC(C)C)Cc1ccc(OCc2ccccn2)cc1. The fourth-order valence-corrected chi connectivity index (χ4v) is 2.44. The molecule has 25 heavy (non-hydrogen) atoms. The maximum Gasteiger partial charge on any atom is 0.234 e. The zero-order chi connectivity index (χ0) is 18.1. The van der Waals surface area contributed by atoms with Crippen molar-refractivity contribution in [3.8, 4) is 5.75 Å². The predicted molar refractivity (Wildman–Crippen MR) is 99.2 cm³/mol. The first-order valence-electron chi connectivity index (χ1n) is 8.70. The maximum absolute atomic E-state index is 11.9. The second-order valence-corrected chi connectivity index (χ2v) is 6.28. The van der Waals surface area contributed by atoms with E-state index in [0.29, 0.717) is 13.2 Å². The van der Waals surface area contributed by atoms with E-state index in [1.807, 2.05) is 56.3 Å². The Labute approximate surface area is 150 Å². The smallest absolute Gasteiger partial charge is 0.234 e. The number of aromatic nitrogens is 1. The molecule has 0 fully saturated rings.